The summed E-state index contributed by atoms with van der Waals surface area (Å²) in [5.74, 6) is -4.15. The molecule has 4 aromatic rings. The second kappa shape index (κ2) is 15.0. The molecule has 52 heavy (non-hydrogen) atoms. The topological polar surface area (TPSA) is 133 Å². The summed E-state index contributed by atoms with van der Waals surface area (Å²) in [5, 5.41) is 1.69. The van der Waals surface area contributed by atoms with Gasteiger partial charge in [0.05, 0.1) is 34.1 Å². The molecule has 0 radical (unpaired) electrons. The highest BCUT2D eigenvalue weighted by Crippen LogP contribution is 2.40. The van der Waals surface area contributed by atoms with Crippen LogP contribution in [-0.2, 0) is 34.1 Å². The summed E-state index contributed by atoms with van der Waals surface area (Å²) in [5.41, 5.74) is 2.50. The maximum absolute atomic E-state index is 13.8. The van der Waals surface area contributed by atoms with Crippen molar-refractivity contribution in [1.29, 1.82) is 0 Å². The van der Waals surface area contributed by atoms with Crippen LogP contribution < -0.4 is 15.0 Å². The summed E-state index contributed by atoms with van der Waals surface area (Å²) in [4.78, 5) is 37.7. The van der Waals surface area contributed by atoms with Gasteiger partial charge in [-0.2, -0.15) is 8.78 Å². The second-order valence-corrected chi connectivity index (χ2v) is 15.6. The van der Waals surface area contributed by atoms with Gasteiger partial charge in [-0.05, 0) is 70.2 Å². The van der Waals surface area contributed by atoms with Crippen molar-refractivity contribution >= 4 is 49.1 Å². The molecule has 1 fully saturated rings. The van der Waals surface area contributed by atoms with E-state index in [0.717, 1.165) is 23.5 Å². The van der Waals surface area contributed by atoms with Gasteiger partial charge in [-0.3, -0.25) is 28.8 Å². The van der Waals surface area contributed by atoms with E-state index in [2.05, 4.69) is 14.6 Å². The van der Waals surface area contributed by atoms with E-state index in [1.54, 1.807) is 38.1 Å². The number of carbonyl (C=O) groups is 1. The summed E-state index contributed by atoms with van der Waals surface area (Å²) in [6.07, 6.45) is -3.29. The predicted molar refractivity (Wildman–Crippen MR) is 183 cm³/mol. The van der Waals surface area contributed by atoms with Crippen molar-refractivity contribution in [2.75, 3.05) is 19.7 Å². The third-order valence-electron chi connectivity index (χ3n) is 9.16. The van der Waals surface area contributed by atoms with Gasteiger partial charge < -0.3 is 4.74 Å². The van der Waals surface area contributed by atoms with Crippen LogP contribution in [0.2, 0.25) is 5.02 Å². The Labute approximate surface area is 303 Å². The summed E-state index contributed by atoms with van der Waals surface area (Å²) in [7, 11) is -5.20. The highest BCUT2D eigenvalue weighted by atomic mass is 35.5. The smallest absolute Gasteiger partial charge is 0.491 e. The van der Waals surface area contributed by atoms with Crippen molar-refractivity contribution in [3.8, 4) is 16.9 Å². The van der Waals surface area contributed by atoms with Gasteiger partial charge in [0.25, 0.3) is 21.5 Å². The number of piperidine rings is 1. The number of hydrogen-bond donors (Lipinski definition) is 1. The number of thiophene rings is 1. The standard InChI is InChI=1S/C33H33ClF5N5O6S2/c1-17-13-23(29-28(40-17)25(16-51-29)30(45)42-52(47,48)32(35)36)22-14-19(34)3-6-27(22)49-12-11-44-18(2)41-26-5-4-20(15-24(26)31(44)46)43-9-7-21(8-10-43)50-33(37,38)39/h3,6,13-14,16,20-21,32H,4-5,7-12,15H2,1-2H3,(H,42,45)/t20-/m0/s1. The fraction of sp³-hybridized carbons (Fsp3) is 0.455. The lowest BCUT2D eigenvalue weighted by Gasteiger charge is -2.39. The molecule has 0 bridgehead atoms. The van der Waals surface area contributed by atoms with Crippen molar-refractivity contribution in [3.63, 3.8) is 0 Å². The molecule has 0 spiro atoms. The minimum Gasteiger partial charge on any atom is -0.491 e. The number of amides is 1. The first-order chi connectivity index (χ1) is 24.5. The number of nitrogens with one attached hydrogen (secondary N) is 1. The molecule has 6 rings (SSSR count). The lowest BCUT2D eigenvalue weighted by molar-refractivity contribution is -0.346. The highest BCUT2D eigenvalue weighted by Gasteiger charge is 2.37. The van der Waals surface area contributed by atoms with Crippen molar-refractivity contribution in [1.82, 2.24) is 24.2 Å². The molecule has 1 aromatic carbocycles. The Morgan fingerprint density at radius 2 is 1.85 bits per heavy atom. The number of fused-ring (bicyclic) bond motifs is 2. The Kier molecular flexibility index (Phi) is 10.9. The third-order valence-corrected chi connectivity index (χ3v) is 11.3. The minimum atomic E-state index is -5.20. The number of pyridine rings is 1. The fourth-order valence-corrected chi connectivity index (χ4v) is 8.39. The van der Waals surface area contributed by atoms with Gasteiger partial charge in [0.2, 0.25) is 0 Å². The van der Waals surface area contributed by atoms with E-state index < -0.39 is 34.2 Å². The van der Waals surface area contributed by atoms with Crippen LogP contribution in [0.5, 0.6) is 5.75 Å². The fourth-order valence-electron chi connectivity index (χ4n) is 6.74. The van der Waals surface area contributed by atoms with E-state index in [1.807, 2.05) is 0 Å². The Bertz CT molecular complexity index is 2170. The zero-order valence-corrected chi connectivity index (χ0v) is 30.2. The number of benzene rings is 1. The summed E-state index contributed by atoms with van der Waals surface area (Å²) >= 11 is 7.44. The molecular formula is C33H33ClF5N5O6S2. The normalized spacial score (nSPS) is 17.4. The van der Waals surface area contributed by atoms with Crippen molar-refractivity contribution in [2.24, 2.45) is 0 Å². The van der Waals surface area contributed by atoms with Crippen LogP contribution in [0.4, 0.5) is 22.0 Å². The van der Waals surface area contributed by atoms with Crippen LogP contribution in [-0.4, -0.2) is 77.7 Å². The molecule has 1 aliphatic carbocycles. The summed E-state index contributed by atoms with van der Waals surface area (Å²) in [6.45, 7) is 4.45. The predicted octanol–water partition coefficient (Wildman–Crippen LogP) is 6.01. The Hall–Kier alpha value is -3.71. The SMILES string of the molecule is Cc1cc(-c2cc(Cl)ccc2OCCn2c(C)nc3c(c2=O)C[C@@H](N2CCC(OC(F)(F)F)CC2)CC3)c2scc(C(=O)NS(=O)(=O)C(F)F)c2n1. The number of likely N-dealkylation sites (tertiary alicyclic amines) is 1. The lowest BCUT2D eigenvalue weighted by atomic mass is 9.90. The zero-order valence-electron chi connectivity index (χ0n) is 27.8. The molecule has 0 unspecified atom stereocenters. The molecule has 1 saturated heterocycles. The van der Waals surface area contributed by atoms with Crippen molar-refractivity contribution in [3.05, 3.63) is 73.4 Å². The van der Waals surface area contributed by atoms with Gasteiger partial charge >= 0.3 is 12.1 Å². The van der Waals surface area contributed by atoms with E-state index in [9.17, 15) is 40.0 Å². The van der Waals surface area contributed by atoms with Gasteiger partial charge in [0.1, 0.15) is 18.2 Å². The minimum absolute atomic E-state index is 0.00364. The molecule has 11 nitrogen and oxygen atoms in total. The molecule has 2 aliphatic rings. The van der Waals surface area contributed by atoms with Gasteiger partial charge in [-0.25, -0.2) is 18.1 Å². The molecule has 19 heteroatoms. The van der Waals surface area contributed by atoms with Crippen LogP contribution in [0.25, 0.3) is 21.3 Å². The highest BCUT2D eigenvalue weighted by molar-refractivity contribution is 7.90. The number of sulfonamides is 1. The molecular weight excluding hydrogens is 757 g/mol. The molecule has 0 saturated carbocycles. The largest absolute Gasteiger partial charge is 0.522 e. The Morgan fingerprint density at radius 1 is 1.12 bits per heavy atom. The number of hydrogen-bond acceptors (Lipinski definition) is 10. The van der Waals surface area contributed by atoms with E-state index in [0.29, 0.717) is 69.6 Å². The molecule has 4 heterocycles. The number of nitrogens with zero attached hydrogens (tertiary/aromatic N) is 4. The maximum atomic E-state index is 13.8. The first-order valence-electron chi connectivity index (χ1n) is 16.2. The molecule has 1 atom stereocenters. The monoisotopic (exact) mass is 789 g/mol. The van der Waals surface area contributed by atoms with Crippen LogP contribution in [0.1, 0.15) is 52.4 Å². The van der Waals surface area contributed by atoms with E-state index >= 15 is 0 Å². The number of ether oxygens (including phenoxy) is 2. The first-order valence-corrected chi connectivity index (χ1v) is 19.0. The average Bonchev–Trinajstić information content (AvgIpc) is 3.50. The molecule has 280 valence electrons. The summed E-state index contributed by atoms with van der Waals surface area (Å²) in [6, 6.07) is 6.62. The van der Waals surface area contributed by atoms with Crippen molar-refractivity contribution in [2.45, 2.75) is 76.8 Å². The Balaban J connectivity index is 1.19. The second-order valence-electron chi connectivity index (χ2n) is 12.6. The molecule has 1 aliphatic heterocycles. The quantitative estimate of drug-likeness (QED) is 0.192. The number of alkyl halides is 5. The maximum Gasteiger partial charge on any atom is 0.522 e. The average molecular weight is 790 g/mol. The van der Waals surface area contributed by atoms with Gasteiger partial charge in [-0.15, -0.1) is 24.5 Å². The van der Waals surface area contributed by atoms with Crippen LogP contribution in [0.15, 0.2) is 34.4 Å². The van der Waals surface area contributed by atoms with E-state index in [-0.39, 0.29) is 48.7 Å². The van der Waals surface area contributed by atoms with Crippen LogP contribution in [0.3, 0.4) is 0 Å². The number of aryl methyl sites for hydroxylation is 3. The third kappa shape index (κ3) is 8.25. The van der Waals surface area contributed by atoms with Gasteiger partial charge in [-0.1, -0.05) is 11.6 Å². The van der Waals surface area contributed by atoms with E-state index in [4.69, 9.17) is 21.3 Å². The zero-order chi connectivity index (χ0) is 37.5. The summed E-state index contributed by atoms with van der Waals surface area (Å²) < 4.78 is 101. The van der Waals surface area contributed by atoms with Crippen LogP contribution in [0, 0.1) is 13.8 Å². The van der Waals surface area contributed by atoms with E-state index in [1.165, 1.54) is 14.7 Å². The molecule has 1 amide bonds. The molecule has 1 N–H and O–H groups in total. The molecule has 3 aromatic heterocycles. The number of halogens is 6. The van der Waals surface area contributed by atoms with Crippen LogP contribution >= 0.6 is 22.9 Å². The van der Waals surface area contributed by atoms with Gasteiger partial charge in [0, 0.05) is 51.9 Å². The van der Waals surface area contributed by atoms with Crippen molar-refractivity contribution < 1.29 is 44.6 Å². The number of aromatic nitrogens is 3. The van der Waals surface area contributed by atoms with Gasteiger partial charge in [0.15, 0.2) is 0 Å². The number of carbonyl (C=O) groups excluding carboxylic acids is 1. The lowest BCUT2D eigenvalue weighted by Crippen LogP contribution is -2.48. The first kappa shape index (κ1) is 38.0. The number of rotatable bonds is 10. The Morgan fingerprint density at radius 3 is 2.54 bits per heavy atom.